The minimum atomic E-state index is 0.0787. The van der Waals surface area contributed by atoms with Crippen molar-refractivity contribution >= 4 is 34.1 Å². The van der Waals surface area contributed by atoms with Gasteiger partial charge in [-0.05, 0) is 65.6 Å². The molecule has 1 amide bonds. The number of aryl methyl sites for hydroxylation is 1. The van der Waals surface area contributed by atoms with Crippen LogP contribution in [0.2, 0.25) is 5.02 Å². The molecule has 3 aromatic rings. The molecule has 1 N–H and O–H groups in total. The van der Waals surface area contributed by atoms with E-state index >= 15 is 0 Å². The van der Waals surface area contributed by atoms with E-state index in [2.05, 4.69) is 41.5 Å². The van der Waals surface area contributed by atoms with E-state index in [1.807, 2.05) is 24.4 Å². The Hall–Kier alpha value is -2.39. The number of carbonyl (C=O) groups is 1. The van der Waals surface area contributed by atoms with E-state index in [1.165, 1.54) is 5.56 Å². The van der Waals surface area contributed by atoms with Crippen LogP contribution < -0.4 is 5.32 Å². The Bertz CT molecular complexity index is 963. The normalized spacial score (nSPS) is 13.8. The number of carbonyl (C=O) groups excluding carboxylic acids is 1. The molecule has 1 fully saturated rings. The van der Waals surface area contributed by atoms with E-state index in [9.17, 15) is 4.79 Å². The summed E-state index contributed by atoms with van der Waals surface area (Å²) in [5, 5.41) is 5.75. The summed E-state index contributed by atoms with van der Waals surface area (Å²) in [7, 11) is 0. The zero-order chi connectivity index (χ0) is 17.4. The van der Waals surface area contributed by atoms with Crippen LogP contribution in [-0.2, 0) is 11.2 Å². The lowest BCUT2D eigenvalue weighted by Crippen LogP contribution is -2.14. The van der Waals surface area contributed by atoms with E-state index in [0.717, 1.165) is 46.2 Å². The Labute approximate surface area is 152 Å². The van der Waals surface area contributed by atoms with Crippen molar-refractivity contribution in [1.82, 2.24) is 4.98 Å². The van der Waals surface area contributed by atoms with Crippen molar-refractivity contribution in [2.24, 2.45) is 5.92 Å². The van der Waals surface area contributed by atoms with Crippen molar-refractivity contribution in [3.05, 3.63) is 59.2 Å². The fraction of sp³-hybridized carbons (Fsp3) is 0.238. The number of pyridine rings is 1. The van der Waals surface area contributed by atoms with Gasteiger partial charge in [-0.3, -0.25) is 4.79 Å². The molecule has 2 aromatic carbocycles. The largest absolute Gasteiger partial charge is 0.310 e. The summed E-state index contributed by atoms with van der Waals surface area (Å²) in [4.78, 5) is 16.3. The highest BCUT2D eigenvalue weighted by atomic mass is 35.5. The third-order valence-corrected chi connectivity index (χ3v) is 4.92. The Morgan fingerprint density at radius 2 is 2.00 bits per heavy atom. The Balaban J connectivity index is 1.69. The number of halogens is 1. The fourth-order valence-corrected chi connectivity index (χ4v) is 3.25. The van der Waals surface area contributed by atoms with Crippen LogP contribution in [0.25, 0.3) is 21.9 Å². The number of nitrogens with one attached hydrogen (secondary N) is 1. The van der Waals surface area contributed by atoms with Crippen LogP contribution in [0, 0.1) is 5.92 Å². The van der Waals surface area contributed by atoms with Crippen LogP contribution in [0.5, 0.6) is 0 Å². The van der Waals surface area contributed by atoms with Crippen LogP contribution >= 0.6 is 11.6 Å². The second-order valence-corrected chi connectivity index (χ2v) is 6.99. The quantitative estimate of drug-likeness (QED) is 0.678. The van der Waals surface area contributed by atoms with Crippen LogP contribution in [0.3, 0.4) is 0 Å². The van der Waals surface area contributed by atoms with Crippen molar-refractivity contribution in [3.8, 4) is 11.1 Å². The molecule has 1 aromatic heterocycles. The molecular formula is C21H19ClN2O. The average molecular weight is 351 g/mol. The summed E-state index contributed by atoms with van der Waals surface area (Å²) in [6, 6.07) is 14.2. The van der Waals surface area contributed by atoms with Gasteiger partial charge in [0.05, 0.1) is 0 Å². The molecule has 0 unspecified atom stereocenters. The molecule has 0 saturated heterocycles. The maximum absolute atomic E-state index is 11.9. The van der Waals surface area contributed by atoms with Gasteiger partial charge >= 0.3 is 0 Å². The number of fused-ring (bicyclic) bond motifs is 1. The lowest BCUT2D eigenvalue weighted by molar-refractivity contribution is -0.117. The monoisotopic (exact) mass is 350 g/mol. The summed E-state index contributed by atoms with van der Waals surface area (Å²) in [5.74, 6) is 0.874. The van der Waals surface area contributed by atoms with Crippen molar-refractivity contribution in [1.29, 1.82) is 0 Å². The van der Waals surface area contributed by atoms with Crippen LogP contribution in [0.1, 0.15) is 25.3 Å². The molecule has 0 aliphatic heterocycles. The summed E-state index contributed by atoms with van der Waals surface area (Å²) < 4.78 is 0. The Morgan fingerprint density at radius 3 is 2.76 bits per heavy atom. The predicted molar refractivity (Wildman–Crippen MR) is 103 cm³/mol. The number of amides is 1. The molecule has 126 valence electrons. The second kappa shape index (κ2) is 6.49. The molecule has 4 rings (SSSR count). The number of anilines is 1. The molecule has 4 heteroatoms. The Kier molecular flexibility index (Phi) is 4.18. The minimum Gasteiger partial charge on any atom is -0.310 e. The van der Waals surface area contributed by atoms with Crippen molar-refractivity contribution in [2.45, 2.75) is 26.2 Å². The summed E-state index contributed by atoms with van der Waals surface area (Å²) in [6.45, 7) is 2.14. The van der Waals surface area contributed by atoms with Gasteiger partial charge in [0.2, 0.25) is 5.91 Å². The molecule has 1 heterocycles. The zero-order valence-electron chi connectivity index (χ0n) is 14.1. The van der Waals surface area contributed by atoms with Gasteiger partial charge in [0.15, 0.2) is 0 Å². The Morgan fingerprint density at radius 1 is 1.16 bits per heavy atom. The number of aromatic nitrogens is 1. The third kappa shape index (κ3) is 3.38. The predicted octanol–water partition coefficient (Wildman–Crippen LogP) is 5.47. The van der Waals surface area contributed by atoms with Gasteiger partial charge in [0, 0.05) is 22.5 Å². The first-order valence-corrected chi connectivity index (χ1v) is 9.01. The number of hydrogen-bond acceptors (Lipinski definition) is 2. The van der Waals surface area contributed by atoms with Crippen LogP contribution in [0.15, 0.2) is 48.7 Å². The standard InChI is InChI=1S/C21H19ClN2O/c1-2-13-7-8-18(22)11-19(13)16-6-5-15-10-20(23-12-17(15)9-16)24-21(25)14-3-4-14/h5-12,14H,2-4H2,1H3,(H,23,24,25). The van der Waals surface area contributed by atoms with Gasteiger partial charge in [0.1, 0.15) is 5.82 Å². The first-order chi connectivity index (χ1) is 12.1. The van der Waals surface area contributed by atoms with Gasteiger partial charge < -0.3 is 5.32 Å². The van der Waals surface area contributed by atoms with E-state index in [4.69, 9.17) is 11.6 Å². The molecule has 0 atom stereocenters. The summed E-state index contributed by atoms with van der Waals surface area (Å²) in [6.07, 6.45) is 4.75. The highest BCUT2D eigenvalue weighted by Gasteiger charge is 2.29. The van der Waals surface area contributed by atoms with Crippen LogP contribution in [-0.4, -0.2) is 10.9 Å². The lowest BCUT2D eigenvalue weighted by Gasteiger charge is -2.11. The third-order valence-electron chi connectivity index (χ3n) is 4.68. The molecule has 1 aliphatic rings. The first-order valence-electron chi connectivity index (χ1n) is 8.63. The van der Waals surface area contributed by atoms with Gasteiger partial charge in [-0.2, -0.15) is 0 Å². The van der Waals surface area contributed by atoms with Gasteiger partial charge in [-0.15, -0.1) is 0 Å². The molecule has 1 saturated carbocycles. The number of hydrogen-bond donors (Lipinski definition) is 1. The van der Waals surface area contributed by atoms with Crippen molar-refractivity contribution in [3.63, 3.8) is 0 Å². The molecular weight excluding hydrogens is 332 g/mol. The molecule has 3 nitrogen and oxygen atoms in total. The minimum absolute atomic E-state index is 0.0787. The number of benzene rings is 2. The molecule has 0 radical (unpaired) electrons. The number of rotatable bonds is 4. The van der Waals surface area contributed by atoms with Gasteiger partial charge in [-0.25, -0.2) is 4.98 Å². The van der Waals surface area contributed by atoms with Gasteiger partial charge in [-0.1, -0.05) is 36.7 Å². The smallest absolute Gasteiger partial charge is 0.228 e. The van der Waals surface area contributed by atoms with Crippen LogP contribution in [0.4, 0.5) is 5.82 Å². The van der Waals surface area contributed by atoms with E-state index in [0.29, 0.717) is 5.82 Å². The van der Waals surface area contributed by atoms with E-state index in [-0.39, 0.29) is 11.8 Å². The van der Waals surface area contributed by atoms with Gasteiger partial charge in [0.25, 0.3) is 0 Å². The lowest BCUT2D eigenvalue weighted by atomic mass is 9.96. The molecule has 25 heavy (non-hydrogen) atoms. The van der Waals surface area contributed by atoms with E-state index < -0.39 is 0 Å². The second-order valence-electron chi connectivity index (χ2n) is 6.55. The molecule has 0 spiro atoms. The molecule has 1 aliphatic carbocycles. The average Bonchev–Trinajstić information content (AvgIpc) is 3.46. The summed E-state index contributed by atoms with van der Waals surface area (Å²) in [5.41, 5.74) is 3.55. The maximum Gasteiger partial charge on any atom is 0.228 e. The maximum atomic E-state index is 11.9. The van der Waals surface area contributed by atoms with Crippen molar-refractivity contribution in [2.75, 3.05) is 5.32 Å². The number of nitrogens with zero attached hydrogens (tertiary/aromatic N) is 1. The summed E-state index contributed by atoms with van der Waals surface area (Å²) >= 11 is 6.19. The first kappa shape index (κ1) is 16.1. The topological polar surface area (TPSA) is 42.0 Å². The van der Waals surface area contributed by atoms with E-state index in [1.54, 1.807) is 0 Å². The fourth-order valence-electron chi connectivity index (χ4n) is 3.08. The van der Waals surface area contributed by atoms with Crippen molar-refractivity contribution < 1.29 is 4.79 Å². The zero-order valence-corrected chi connectivity index (χ0v) is 14.8. The molecule has 0 bridgehead atoms. The SMILES string of the molecule is CCc1ccc(Cl)cc1-c1ccc2cc(NC(=O)C3CC3)ncc2c1. The highest BCUT2D eigenvalue weighted by molar-refractivity contribution is 6.30. The highest BCUT2D eigenvalue weighted by Crippen LogP contribution is 2.32.